The van der Waals surface area contributed by atoms with Gasteiger partial charge in [0, 0.05) is 12.5 Å². The topological polar surface area (TPSA) is 72.2 Å². The molecule has 0 bridgehead atoms. The number of anilines is 1. The summed E-state index contributed by atoms with van der Waals surface area (Å²) in [6.45, 7) is 1.42. The molecule has 4 nitrogen and oxygen atoms in total. The molecule has 6 heteroatoms. The van der Waals surface area contributed by atoms with Gasteiger partial charge in [0.25, 0.3) is 0 Å². The van der Waals surface area contributed by atoms with Crippen molar-refractivity contribution in [3.05, 3.63) is 28.5 Å². The molecule has 0 aliphatic carbocycles. The van der Waals surface area contributed by atoms with Gasteiger partial charge in [-0.1, -0.05) is 0 Å². The molecule has 3 N–H and O–H groups in total. The SMILES string of the molecule is CC(=O)Nc1cc(C(N)=O)c(-c2ccsc2)s1. The Balaban J connectivity index is 2.46. The van der Waals surface area contributed by atoms with Gasteiger partial charge in [0.15, 0.2) is 0 Å². The molecule has 2 aromatic rings. The highest BCUT2D eigenvalue weighted by atomic mass is 32.1. The first-order valence-electron chi connectivity index (χ1n) is 4.81. The van der Waals surface area contributed by atoms with Crippen LogP contribution < -0.4 is 11.1 Å². The molecule has 2 aromatic heterocycles. The van der Waals surface area contributed by atoms with E-state index in [4.69, 9.17) is 5.73 Å². The maximum atomic E-state index is 11.3. The van der Waals surface area contributed by atoms with Gasteiger partial charge in [-0.15, -0.1) is 11.3 Å². The summed E-state index contributed by atoms with van der Waals surface area (Å²) in [6.07, 6.45) is 0. The van der Waals surface area contributed by atoms with Gasteiger partial charge in [0.2, 0.25) is 11.8 Å². The number of rotatable bonds is 3. The fourth-order valence-electron chi connectivity index (χ4n) is 1.42. The Morgan fingerprint density at radius 2 is 2.18 bits per heavy atom. The fraction of sp³-hybridized carbons (Fsp3) is 0.0909. The van der Waals surface area contributed by atoms with Gasteiger partial charge in [0.1, 0.15) is 0 Å². The Morgan fingerprint density at radius 1 is 1.41 bits per heavy atom. The summed E-state index contributed by atoms with van der Waals surface area (Å²) < 4.78 is 0. The Morgan fingerprint density at radius 3 is 2.71 bits per heavy atom. The van der Waals surface area contributed by atoms with Crippen LogP contribution in [0.25, 0.3) is 10.4 Å². The number of carbonyl (C=O) groups is 2. The molecule has 2 heterocycles. The van der Waals surface area contributed by atoms with E-state index >= 15 is 0 Å². The zero-order valence-electron chi connectivity index (χ0n) is 9.02. The summed E-state index contributed by atoms with van der Waals surface area (Å²) >= 11 is 2.89. The van der Waals surface area contributed by atoms with Crippen LogP contribution in [0.1, 0.15) is 17.3 Å². The molecule has 2 rings (SSSR count). The van der Waals surface area contributed by atoms with E-state index < -0.39 is 5.91 Å². The summed E-state index contributed by atoms with van der Waals surface area (Å²) in [7, 11) is 0. The van der Waals surface area contributed by atoms with Crippen molar-refractivity contribution in [3.8, 4) is 10.4 Å². The van der Waals surface area contributed by atoms with Gasteiger partial charge in [-0.25, -0.2) is 0 Å². The number of hydrogen-bond acceptors (Lipinski definition) is 4. The summed E-state index contributed by atoms with van der Waals surface area (Å²) in [5.41, 5.74) is 6.71. The number of nitrogens with one attached hydrogen (secondary N) is 1. The third kappa shape index (κ3) is 2.54. The summed E-state index contributed by atoms with van der Waals surface area (Å²) in [5, 5.41) is 7.16. The van der Waals surface area contributed by atoms with Crippen LogP contribution in [0.2, 0.25) is 0 Å². The van der Waals surface area contributed by atoms with Gasteiger partial charge in [-0.2, -0.15) is 11.3 Å². The highest BCUT2D eigenvalue weighted by Crippen LogP contribution is 2.36. The highest BCUT2D eigenvalue weighted by molar-refractivity contribution is 7.20. The van der Waals surface area contributed by atoms with Gasteiger partial charge in [0.05, 0.1) is 15.4 Å². The largest absolute Gasteiger partial charge is 0.366 e. The van der Waals surface area contributed by atoms with Crippen molar-refractivity contribution >= 4 is 39.5 Å². The first-order valence-corrected chi connectivity index (χ1v) is 6.57. The third-order valence-corrected chi connectivity index (χ3v) is 3.86. The van der Waals surface area contributed by atoms with E-state index in [-0.39, 0.29) is 5.91 Å². The zero-order valence-corrected chi connectivity index (χ0v) is 10.7. The Kier molecular flexibility index (Phi) is 3.26. The third-order valence-electron chi connectivity index (χ3n) is 2.08. The molecular weight excluding hydrogens is 256 g/mol. The molecule has 0 unspecified atom stereocenters. The van der Waals surface area contributed by atoms with Crippen molar-refractivity contribution in [1.82, 2.24) is 0 Å². The Labute approximate surface area is 106 Å². The van der Waals surface area contributed by atoms with Crippen molar-refractivity contribution in [2.75, 3.05) is 5.32 Å². The second kappa shape index (κ2) is 4.68. The highest BCUT2D eigenvalue weighted by Gasteiger charge is 2.15. The average Bonchev–Trinajstić information content (AvgIpc) is 2.82. The van der Waals surface area contributed by atoms with Crippen LogP contribution in [-0.2, 0) is 4.79 Å². The Hall–Kier alpha value is -1.66. The van der Waals surface area contributed by atoms with Crippen molar-refractivity contribution in [2.45, 2.75) is 6.92 Å². The standard InChI is InChI=1S/C11H10N2O2S2/c1-6(14)13-9-4-8(11(12)15)10(17-9)7-2-3-16-5-7/h2-5H,1H3,(H2,12,15)(H,13,14). The van der Waals surface area contributed by atoms with Crippen LogP contribution >= 0.6 is 22.7 Å². The van der Waals surface area contributed by atoms with E-state index in [1.54, 1.807) is 17.4 Å². The first-order chi connectivity index (χ1) is 8.08. The first kappa shape index (κ1) is 11.8. The number of amides is 2. The van der Waals surface area contributed by atoms with E-state index in [2.05, 4.69) is 5.32 Å². The van der Waals surface area contributed by atoms with Gasteiger partial charge in [-0.05, 0) is 22.9 Å². The lowest BCUT2D eigenvalue weighted by Crippen LogP contribution is -2.10. The van der Waals surface area contributed by atoms with E-state index in [9.17, 15) is 9.59 Å². The molecule has 2 amide bonds. The van der Waals surface area contributed by atoms with Crippen LogP contribution in [0.5, 0.6) is 0 Å². The molecular formula is C11H10N2O2S2. The predicted molar refractivity (Wildman–Crippen MR) is 70.5 cm³/mol. The van der Waals surface area contributed by atoms with Gasteiger partial charge >= 0.3 is 0 Å². The fourth-order valence-corrected chi connectivity index (χ4v) is 3.24. The minimum Gasteiger partial charge on any atom is -0.366 e. The molecule has 0 radical (unpaired) electrons. The van der Waals surface area contributed by atoms with Crippen LogP contribution in [-0.4, -0.2) is 11.8 Å². The van der Waals surface area contributed by atoms with Gasteiger partial charge < -0.3 is 11.1 Å². The van der Waals surface area contributed by atoms with E-state index in [1.165, 1.54) is 18.3 Å². The lowest BCUT2D eigenvalue weighted by Gasteiger charge is -1.95. The molecule has 0 aliphatic rings. The quantitative estimate of drug-likeness (QED) is 0.896. The average molecular weight is 266 g/mol. The second-order valence-electron chi connectivity index (χ2n) is 3.41. The zero-order chi connectivity index (χ0) is 12.4. The predicted octanol–water partition coefficient (Wildman–Crippen LogP) is 2.53. The lowest BCUT2D eigenvalue weighted by atomic mass is 10.1. The Bertz CT molecular complexity index is 558. The second-order valence-corrected chi connectivity index (χ2v) is 5.24. The van der Waals surface area contributed by atoms with Crippen LogP contribution in [0.15, 0.2) is 22.9 Å². The molecule has 0 aliphatic heterocycles. The van der Waals surface area contributed by atoms with E-state index in [0.29, 0.717) is 10.6 Å². The van der Waals surface area contributed by atoms with E-state index in [1.807, 2.05) is 16.8 Å². The summed E-state index contributed by atoms with van der Waals surface area (Å²) in [5.74, 6) is -0.654. The molecule has 0 aromatic carbocycles. The maximum Gasteiger partial charge on any atom is 0.250 e. The van der Waals surface area contributed by atoms with Gasteiger partial charge in [-0.3, -0.25) is 9.59 Å². The van der Waals surface area contributed by atoms with Crippen LogP contribution in [0, 0.1) is 0 Å². The van der Waals surface area contributed by atoms with E-state index in [0.717, 1.165) is 10.4 Å². The molecule has 0 spiro atoms. The minimum absolute atomic E-state index is 0.167. The molecule has 0 fully saturated rings. The van der Waals surface area contributed by atoms with Crippen LogP contribution in [0.3, 0.4) is 0 Å². The maximum absolute atomic E-state index is 11.3. The normalized spacial score (nSPS) is 10.2. The van der Waals surface area contributed by atoms with Crippen molar-refractivity contribution in [3.63, 3.8) is 0 Å². The smallest absolute Gasteiger partial charge is 0.250 e. The molecule has 17 heavy (non-hydrogen) atoms. The molecule has 0 saturated carbocycles. The number of carbonyl (C=O) groups excluding carboxylic acids is 2. The summed E-state index contributed by atoms with van der Waals surface area (Å²) in [4.78, 5) is 23.1. The number of nitrogens with two attached hydrogens (primary N) is 1. The molecule has 0 atom stereocenters. The molecule has 88 valence electrons. The monoisotopic (exact) mass is 266 g/mol. The summed E-state index contributed by atoms with van der Waals surface area (Å²) in [6, 6.07) is 3.53. The van der Waals surface area contributed by atoms with Crippen LogP contribution in [0.4, 0.5) is 5.00 Å². The lowest BCUT2D eigenvalue weighted by molar-refractivity contribution is -0.114. The number of thiophene rings is 2. The number of hydrogen-bond donors (Lipinski definition) is 2. The minimum atomic E-state index is -0.487. The van der Waals surface area contributed by atoms with Crippen molar-refractivity contribution in [2.24, 2.45) is 5.73 Å². The number of primary amides is 1. The molecule has 0 saturated heterocycles. The van der Waals surface area contributed by atoms with Crippen molar-refractivity contribution in [1.29, 1.82) is 0 Å². The van der Waals surface area contributed by atoms with Crippen molar-refractivity contribution < 1.29 is 9.59 Å².